The number of pyridine rings is 1. The van der Waals surface area contributed by atoms with E-state index in [1.54, 1.807) is 25.4 Å². The van der Waals surface area contributed by atoms with Gasteiger partial charge in [-0.05, 0) is 36.1 Å². The number of methoxy groups -OCH3 is 1. The highest BCUT2D eigenvalue weighted by atomic mass is 32.2. The second kappa shape index (κ2) is 11.6. The molecule has 0 spiro atoms. The van der Waals surface area contributed by atoms with E-state index in [0.29, 0.717) is 55.6 Å². The molecule has 8 nitrogen and oxygen atoms in total. The predicted octanol–water partition coefficient (Wildman–Crippen LogP) is 3.03. The molecular weight excluding hydrogens is 423 g/mol. The summed E-state index contributed by atoms with van der Waals surface area (Å²) in [5, 5.41) is 8.61. The number of carbonyl (C=O) groups is 1. The highest BCUT2D eigenvalue weighted by Crippen LogP contribution is 2.26. The monoisotopic (exact) mass is 450 g/mol. The molecule has 1 aromatic heterocycles. The maximum atomic E-state index is 15.0. The van der Waals surface area contributed by atoms with Crippen molar-refractivity contribution in [3.05, 3.63) is 47.9 Å². The van der Waals surface area contributed by atoms with E-state index in [4.69, 9.17) is 14.6 Å². The maximum absolute atomic E-state index is 15.0. The normalized spacial score (nSPS) is 13.9. The molecule has 2 heterocycles. The first-order chi connectivity index (χ1) is 15.1. The van der Waals surface area contributed by atoms with E-state index in [-0.39, 0.29) is 5.82 Å². The quantitative estimate of drug-likeness (QED) is 0.422. The van der Waals surface area contributed by atoms with Gasteiger partial charge in [-0.15, -0.1) is 0 Å². The Kier molecular flexibility index (Phi) is 8.60. The number of aromatic nitrogens is 1. The predicted molar refractivity (Wildman–Crippen MR) is 120 cm³/mol. The highest BCUT2D eigenvalue weighted by Gasteiger charge is 2.21. The number of aryl methyl sites for hydroxylation is 1. The van der Waals surface area contributed by atoms with E-state index < -0.39 is 6.09 Å². The molecule has 2 aromatic rings. The third-order valence-corrected chi connectivity index (χ3v) is 5.66. The van der Waals surface area contributed by atoms with Crippen LogP contribution in [0.15, 0.2) is 36.5 Å². The number of hydrogen-bond acceptors (Lipinski definition) is 7. The Morgan fingerprint density at radius 1 is 1.23 bits per heavy atom. The summed E-state index contributed by atoms with van der Waals surface area (Å²) in [7, 11) is 1.63. The van der Waals surface area contributed by atoms with Crippen LogP contribution in [0.1, 0.15) is 5.56 Å². The molecule has 1 saturated heterocycles. The van der Waals surface area contributed by atoms with Crippen LogP contribution in [0, 0.1) is 5.82 Å². The SMILES string of the molecule is COCCOc1cc(N2CCN(c3cccc(CCSNC(=O)O)c3F)CC2)ccn1. The molecule has 0 atom stereocenters. The number of anilines is 2. The molecule has 0 bridgehead atoms. The number of nitrogens with zero attached hydrogens (tertiary/aromatic N) is 3. The van der Waals surface area contributed by atoms with E-state index in [0.717, 1.165) is 30.7 Å². The number of amides is 1. The van der Waals surface area contributed by atoms with Gasteiger partial charge in [-0.3, -0.25) is 4.72 Å². The second-order valence-corrected chi connectivity index (χ2v) is 7.82. The van der Waals surface area contributed by atoms with E-state index in [2.05, 4.69) is 19.5 Å². The molecule has 1 aromatic carbocycles. The smallest absolute Gasteiger partial charge is 0.414 e. The molecule has 31 heavy (non-hydrogen) atoms. The summed E-state index contributed by atoms with van der Waals surface area (Å²) in [6.07, 6.45) is 1.08. The van der Waals surface area contributed by atoms with Crippen molar-refractivity contribution >= 4 is 29.4 Å². The van der Waals surface area contributed by atoms with Crippen LogP contribution in [0.5, 0.6) is 5.88 Å². The number of piperazine rings is 1. The Labute approximate surface area is 185 Å². The van der Waals surface area contributed by atoms with Crippen LogP contribution < -0.4 is 19.3 Å². The topological polar surface area (TPSA) is 87.2 Å². The van der Waals surface area contributed by atoms with Gasteiger partial charge in [-0.1, -0.05) is 12.1 Å². The minimum atomic E-state index is -1.10. The first-order valence-corrected chi connectivity index (χ1v) is 11.0. The van der Waals surface area contributed by atoms with Crippen molar-refractivity contribution < 1.29 is 23.8 Å². The fraction of sp³-hybridized carbons (Fsp3) is 0.429. The number of halogens is 1. The lowest BCUT2D eigenvalue weighted by molar-refractivity contribution is 0.144. The Morgan fingerprint density at radius 2 is 2.00 bits per heavy atom. The summed E-state index contributed by atoms with van der Waals surface area (Å²) in [4.78, 5) is 19.0. The second-order valence-electron chi connectivity index (χ2n) is 6.92. The van der Waals surface area contributed by atoms with Crippen LogP contribution in [-0.2, 0) is 11.2 Å². The van der Waals surface area contributed by atoms with Crippen molar-refractivity contribution in [1.29, 1.82) is 0 Å². The van der Waals surface area contributed by atoms with Gasteiger partial charge in [0.05, 0.1) is 12.3 Å². The lowest BCUT2D eigenvalue weighted by atomic mass is 10.1. The molecule has 168 valence electrons. The van der Waals surface area contributed by atoms with Crippen molar-refractivity contribution in [2.75, 3.05) is 62.1 Å². The first-order valence-electron chi connectivity index (χ1n) is 10.0. The minimum absolute atomic E-state index is 0.232. The van der Waals surface area contributed by atoms with Crippen LogP contribution in [-0.4, -0.2) is 68.4 Å². The largest absolute Gasteiger partial charge is 0.475 e. The van der Waals surface area contributed by atoms with Crippen LogP contribution in [0.4, 0.5) is 20.6 Å². The average Bonchev–Trinajstić information content (AvgIpc) is 2.78. The van der Waals surface area contributed by atoms with Gasteiger partial charge in [0.1, 0.15) is 12.4 Å². The van der Waals surface area contributed by atoms with Gasteiger partial charge in [0.25, 0.3) is 0 Å². The molecule has 0 aliphatic carbocycles. The van der Waals surface area contributed by atoms with Gasteiger partial charge in [0, 0.05) is 57.0 Å². The van der Waals surface area contributed by atoms with Gasteiger partial charge in [0.2, 0.25) is 5.88 Å². The molecule has 1 fully saturated rings. The van der Waals surface area contributed by atoms with Crippen LogP contribution in [0.25, 0.3) is 0 Å². The summed E-state index contributed by atoms with van der Waals surface area (Å²) in [5.74, 6) is 0.799. The zero-order valence-corrected chi connectivity index (χ0v) is 18.2. The standard InChI is InChI=1S/C21H27FN4O4S/c1-29-12-13-30-19-15-17(5-7-23-19)25-8-10-26(11-9-25)18-4-2-3-16(20(18)22)6-14-31-24-21(27)28/h2-5,7,15,24H,6,8-14H2,1H3,(H,27,28). The zero-order chi connectivity index (χ0) is 22.1. The Bertz CT molecular complexity index is 865. The fourth-order valence-electron chi connectivity index (χ4n) is 3.39. The van der Waals surface area contributed by atoms with E-state index in [1.807, 2.05) is 18.2 Å². The molecule has 10 heteroatoms. The molecule has 1 amide bonds. The molecular formula is C21H27FN4O4S. The van der Waals surface area contributed by atoms with Gasteiger partial charge >= 0.3 is 6.09 Å². The number of benzene rings is 1. The number of carboxylic acid groups (broad SMARTS) is 1. The molecule has 0 saturated carbocycles. The summed E-state index contributed by atoms with van der Waals surface area (Å²) in [6.45, 7) is 3.84. The number of ether oxygens (including phenoxy) is 2. The van der Waals surface area contributed by atoms with E-state index in [1.165, 1.54) is 0 Å². The lowest BCUT2D eigenvalue weighted by Crippen LogP contribution is -2.46. The fourth-order valence-corrected chi connectivity index (χ4v) is 3.93. The lowest BCUT2D eigenvalue weighted by Gasteiger charge is -2.37. The molecule has 0 radical (unpaired) electrons. The Morgan fingerprint density at radius 3 is 2.74 bits per heavy atom. The first kappa shape index (κ1) is 23.0. The zero-order valence-electron chi connectivity index (χ0n) is 17.4. The van der Waals surface area contributed by atoms with Crippen molar-refractivity contribution in [2.45, 2.75) is 6.42 Å². The highest BCUT2D eigenvalue weighted by molar-refractivity contribution is 7.97. The van der Waals surface area contributed by atoms with Crippen molar-refractivity contribution in [3.63, 3.8) is 0 Å². The Balaban J connectivity index is 1.56. The van der Waals surface area contributed by atoms with Crippen LogP contribution >= 0.6 is 11.9 Å². The molecule has 1 aliphatic rings. The minimum Gasteiger partial charge on any atom is -0.475 e. The third-order valence-electron chi connectivity index (χ3n) is 4.93. The average molecular weight is 451 g/mol. The molecule has 0 unspecified atom stereocenters. The van der Waals surface area contributed by atoms with Crippen LogP contribution in [0.3, 0.4) is 0 Å². The summed E-state index contributed by atoms with van der Waals surface area (Å²) in [6, 6.07) is 9.25. The van der Waals surface area contributed by atoms with Crippen LogP contribution in [0.2, 0.25) is 0 Å². The van der Waals surface area contributed by atoms with Crippen molar-refractivity contribution in [3.8, 4) is 5.88 Å². The molecule has 3 rings (SSSR count). The van der Waals surface area contributed by atoms with E-state index >= 15 is 4.39 Å². The molecule has 2 N–H and O–H groups in total. The molecule has 1 aliphatic heterocycles. The van der Waals surface area contributed by atoms with Crippen molar-refractivity contribution in [2.24, 2.45) is 0 Å². The number of hydrogen-bond donors (Lipinski definition) is 2. The Hall–Kier alpha value is -2.72. The van der Waals surface area contributed by atoms with Gasteiger partial charge in [-0.2, -0.15) is 0 Å². The van der Waals surface area contributed by atoms with Gasteiger partial charge in [0.15, 0.2) is 0 Å². The summed E-state index contributed by atoms with van der Waals surface area (Å²) < 4.78 is 27.8. The third kappa shape index (κ3) is 6.63. The number of nitrogens with one attached hydrogen (secondary N) is 1. The maximum Gasteiger partial charge on any atom is 0.414 e. The summed E-state index contributed by atoms with van der Waals surface area (Å²) in [5.41, 5.74) is 2.21. The summed E-state index contributed by atoms with van der Waals surface area (Å²) >= 11 is 1.05. The van der Waals surface area contributed by atoms with E-state index in [9.17, 15) is 4.79 Å². The van der Waals surface area contributed by atoms with Crippen molar-refractivity contribution in [1.82, 2.24) is 9.71 Å². The van der Waals surface area contributed by atoms with Gasteiger partial charge < -0.3 is 24.4 Å². The van der Waals surface area contributed by atoms with Gasteiger partial charge in [-0.25, -0.2) is 14.2 Å². The number of rotatable bonds is 10.